The summed E-state index contributed by atoms with van der Waals surface area (Å²) < 4.78 is 0. The summed E-state index contributed by atoms with van der Waals surface area (Å²) in [7, 11) is 0. The molecule has 2 aromatic carbocycles. The smallest absolute Gasteiger partial charge is 0.232 e. The summed E-state index contributed by atoms with van der Waals surface area (Å²) in [5.41, 5.74) is 8.23. The molecule has 1 aliphatic heterocycles. The molecule has 0 spiro atoms. The van der Waals surface area contributed by atoms with E-state index in [1.54, 1.807) is 17.8 Å². The molecule has 1 atom stereocenters. The van der Waals surface area contributed by atoms with Crippen molar-refractivity contribution in [1.82, 2.24) is 0 Å². The number of para-hydroxylation sites is 2. The number of fused-ring (bicyclic) bond motifs is 1. The molecule has 96 valence electrons. The molecule has 0 radical (unpaired) electrons. The Labute approximate surface area is 116 Å². The largest absolute Gasteiger partial charge is 0.397 e. The molecule has 0 fully saturated rings. The summed E-state index contributed by atoms with van der Waals surface area (Å²) >= 11 is 1.73. The fourth-order valence-electron chi connectivity index (χ4n) is 2.21. The van der Waals surface area contributed by atoms with E-state index in [1.807, 2.05) is 36.4 Å². The lowest BCUT2D eigenvalue weighted by atomic mass is 10.0. The van der Waals surface area contributed by atoms with Gasteiger partial charge >= 0.3 is 0 Å². The van der Waals surface area contributed by atoms with Crippen LogP contribution in [0.15, 0.2) is 53.4 Å². The number of nitrogens with two attached hydrogens (primary N) is 1. The van der Waals surface area contributed by atoms with E-state index in [0.717, 1.165) is 11.3 Å². The third-order valence-corrected chi connectivity index (χ3v) is 4.42. The van der Waals surface area contributed by atoms with E-state index < -0.39 is 0 Å². The Morgan fingerprint density at radius 2 is 1.89 bits per heavy atom. The molecule has 2 aromatic rings. The molecular weight excluding hydrogens is 256 g/mol. The molecule has 0 aromatic heterocycles. The maximum Gasteiger partial charge on any atom is 0.232 e. The van der Waals surface area contributed by atoms with Crippen LogP contribution in [0.3, 0.4) is 0 Å². The van der Waals surface area contributed by atoms with Crippen LogP contribution in [0.2, 0.25) is 0 Å². The zero-order valence-corrected chi connectivity index (χ0v) is 11.1. The normalized spacial score (nSPS) is 16.9. The Balaban J connectivity index is 1.81. The minimum Gasteiger partial charge on any atom is -0.397 e. The fourth-order valence-corrected chi connectivity index (χ4v) is 3.44. The molecule has 1 amide bonds. The van der Waals surface area contributed by atoms with Gasteiger partial charge in [0.1, 0.15) is 0 Å². The van der Waals surface area contributed by atoms with Gasteiger partial charge in [-0.2, -0.15) is 0 Å². The topological polar surface area (TPSA) is 55.1 Å². The van der Waals surface area contributed by atoms with Gasteiger partial charge in [-0.15, -0.1) is 11.8 Å². The highest BCUT2D eigenvalue weighted by Gasteiger charge is 2.29. The summed E-state index contributed by atoms with van der Waals surface area (Å²) in [6, 6.07) is 15.4. The van der Waals surface area contributed by atoms with Gasteiger partial charge in [0, 0.05) is 10.6 Å². The van der Waals surface area contributed by atoms with E-state index in [1.165, 1.54) is 4.90 Å². The Bertz CT molecular complexity index is 627. The molecule has 0 saturated heterocycles. The predicted molar refractivity (Wildman–Crippen MR) is 79.4 cm³/mol. The zero-order chi connectivity index (χ0) is 13.2. The number of nitrogens with one attached hydrogen (secondary N) is 1. The molecule has 3 rings (SSSR count). The van der Waals surface area contributed by atoms with Gasteiger partial charge in [-0.05, 0) is 23.8 Å². The highest BCUT2D eigenvalue weighted by Crippen LogP contribution is 2.39. The van der Waals surface area contributed by atoms with E-state index >= 15 is 0 Å². The molecule has 0 bridgehead atoms. The van der Waals surface area contributed by atoms with Gasteiger partial charge < -0.3 is 11.1 Å². The number of hydrogen-bond donors (Lipinski definition) is 2. The molecule has 1 aliphatic rings. The van der Waals surface area contributed by atoms with Gasteiger partial charge in [0.05, 0.1) is 17.3 Å². The minimum absolute atomic E-state index is 0.00958. The second-order valence-corrected chi connectivity index (χ2v) is 5.54. The predicted octanol–water partition coefficient (Wildman–Crippen LogP) is 3.10. The Morgan fingerprint density at radius 1 is 1.16 bits per heavy atom. The standard InChI is InChI=1S/C15H14N2OS/c16-12-6-2-3-7-13(12)17-15(18)11-9-19-14-8-4-1-5-10(11)14/h1-8,11H,9,16H2,(H,17,18). The third kappa shape index (κ3) is 2.31. The van der Waals surface area contributed by atoms with Crippen molar-refractivity contribution >= 4 is 29.0 Å². The van der Waals surface area contributed by atoms with Crippen LogP contribution in [0, 0.1) is 0 Å². The van der Waals surface area contributed by atoms with Crippen LogP contribution in [0.4, 0.5) is 11.4 Å². The average molecular weight is 270 g/mol. The second kappa shape index (κ2) is 4.97. The van der Waals surface area contributed by atoms with Crippen LogP contribution >= 0.6 is 11.8 Å². The van der Waals surface area contributed by atoms with Crippen LogP contribution in [0.1, 0.15) is 11.5 Å². The number of amides is 1. The lowest BCUT2D eigenvalue weighted by Gasteiger charge is -2.13. The summed E-state index contributed by atoms with van der Waals surface area (Å²) in [5, 5.41) is 2.92. The Morgan fingerprint density at radius 3 is 2.74 bits per heavy atom. The van der Waals surface area contributed by atoms with E-state index in [4.69, 9.17) is 5.73 Å². The number of nitrogen functional groups attached to an aromatic ring is 1. The van der Waals surface area contributed by atoms with Gasteiger partial charge in [-0.25, -0.2) is 0 Å². The van der Waals surface area contributed by atoms with Crippen molar-refractivity contribution in [3.63, 3.8) is 0 Å². The first-order valence-corrected chi connectivity index (χ1v) is 7.11. The monoisotopic (exact) mass is 270 g/mol. The molecule has 4 heteroatoms. The minimum atomic E-state index is -0.0965. The van der Waals surface area contributed by atoms with Gasteiger partial charge in [0.2, 0.25) is 5.91 Å². The van der Waals surface area contributed by atoms with E-state index in [9.17, 15) is 4.79 Å². The quantitative estimate of drug-likeness (QED) is 0.824. The molecule has 3 nitrogen and oxygen atoms in total. The summed E-state index contributed by atoms with van der Waals surface area (Å²) in [4.78, 5) is 13.5. The third-order valence-electron chi connectivity index (χ3n) is 3.24. The lowest BCUT2D eigenvalue weighted by Crippen LogP contribution is -2.21. The first kappa shape index (κ1) is 12.1. The molecule has 1 unspecified atom stereocenters. The van der Waals surface area contributed by atoms with Gasteiger partial charge in [0.25, 0.3) is 0 Å². The highest BCUT2D eigenvalue weighted by molar-refractivity contribution is 7.99. The number of carbonyl (C=O) groups excluding carboxylic acids is 1. The summed E-state index contributed by atoms with van der Waals surface area (Å²) in [6.45, 7) is 0. The number of carbonyl (C=O) groups is 1. The number of anilines is 2. The van der Waals surface area contributed by atoms with Crippen LogP contribution in [-0.4, -0.2) is 11.7 Å². The maximum absolute atomic E-state index is 12.3. The Hall–Kier alpha value is -1.94. The van der Waals surface area contributed by atoms with E-state index in [-0.39, 0.29) is 11.8 Å². The van der Waals surface area contributed by atoms with Gasteiger partial charge in [-0.1, -0.05) is 30.3 Å². The molecule has 19 heavy (non-hydrogen) atoms. The number of benzene rings is 2. The van der Waals surface area contributed by atoms with Crippen molar-refractivity contribution in [2.75, 3.05) is 16.8 Å². The first-order valence-electron chi connectivity index (χ1n) is 6.13. The number of rotatable bonds is 2. The van der Waals surface area contributed by atoms with E-state index in [0.29, 0.717) is 11.4 Å². The van der Waals surface area contributed by atoms with Crippen molar-refractivity contribution < 1.29 is 4.79 Å². The van der Waals surface area contributed by atoms with Crippen LogP contribution in [0.25, 0.3) is 0 Å². The van der Waals surface area contributed by atoms with Gasteiger partial charge in [0.15, 0.2) is 0 Å². The molecule has 0 aliphatic carbocycles. The van der Waals surface area contributed by atoms with Crippen molar-refractivity contribution in [2.45, 2.75) is 10.8 Å². The van der Waals surface area contributed by atoms with Crippen molar-refractivity contribution in [1.29, 1.82) is 0 Å². The van der Waals surface area contributed by atoms with Crippen LogP contribution < -0.4 is 11.1 Å². The van der Waals surface area contributed by atoms with Crippen molar-refractivity contribution in [3.05, 3.63) is 54.1 Å². The van der Waals surface area contributed by atoms with Crippen LogP contribution in [-0.2, 0) is 4.79 Å². The van der Waals surface area contributed by atoms with E-state index in [2.05, 4.69) is 11.4 Å². The van der Waals surface area contributed by atoms with Gasteiger partial charge in [-0.3, -0.25) is 4.79 Å². The zero-order valence-electron chi connectivity index (χ0n) is 10.3. The lowest BCUT2D eigenvalue weighted by molar-refractivity contribution is -0.117. The number of hydrogen-bond acceptors (Lipinski definition) is 3. The SMILES string of the molecule is Nc1ccccc1NC(=O)C1CSc2ccccc21. The number of thioether (sulfide) groups is 1. The molecule has 1 heterocycles. The molecule has 3 N–H and O–H groups in total. The average Bonchev–Trinajstić information content (AvgIpc) is 2.85. The van der Waals surface area contributed by atoms with Crippen molar-refractivity contribution in [2.24, 2.45) is 0 Å². The fraction of sp³-hybridized carbons (Fsp3) is 0.133. The second-order valence-electron chi connectivity index (χ2n) is 4.48. The first-order chi connectivity index (χ1) is 9.25. The van der Waals surface area contributed by atoms with Crippen LogP contribution in [0.5, 0.6) is 0 Å². The maximum atomic E-state index is 12.3. The highest BCUT2D eigenvalue weighted by atomic mass is 32.2. The van der Waals surface area contributed by atoms with Crippen molar-refractivity contribution in [3.8, 4) is 0 Å². The summed E-state index contributed by atoms with van der Waals surface area (Å²) in [5.74, 6) is 0.703. The molecular formula is C15H14N2OS. The Kier molecular flexibility index (Phi) is 3.17. The summed E-state index contributed by atoms with van der Waals surface area (Å²) in [6.07, 6.45) is 0. The molecule has 0 saturated carbocycles.